The lowest BCUT2D eigenvalue weighted by Gasteiger charge is -2.16. The van der Waals surface area contributed by atoms with Crippen molar-refractivity contribution in [2.45, 2.75) is 0 Å². The highest BCUT2D eigenvalue weighted by atomic mass is 16.5. The van der Waals surface area contributed by atoms with E-state index in [4.69, 9.17) is 18.9 Å². The molecule has 0 unspecified atom stereocenters. The average molecular weight is 350 g/mol. The fraction of sp³-hybridized carbons (Fsp3) is 0.182. The summed E-state index contributed by atoms with van der Waals surface area (Å²) in [4.78, 5) is 0. The van der Waals surface area contributed by atoms with E-state index < -0.39 is 0 Å². The van der Waals surface area contributed by atoms with E-state index in [9.17, 15) is 0 Å². The molecule has 0 radical (unpaired) electrons. The van der Waals surface area contributed by atoms with E-state index in [-0.39, 0.29) is 0 Å². The van der Waals surface area contributed by atoms with Crippen LogP contribution in [0.2, 0.25) is 0 Å². The zero-order valence-corrected chi connectivity index (χ0v) is 15.4. The third kappa shape index (κ3) is 3.45. The second-order valence-electron chi connectivity index (χ2n) is 5.71. The van der Waals surface area contributed by atoms with Gasteiger partial charge in [-0.1, -0.05) is 24.3 Å². The fourth-order valence-electron chi connectivity index (χ4n) is 2.90. The van der Waals surface area contributed by atoms with Crippen LogP contribution in [0.25, 0.3) is 22.3 Å². The molecule has 0 aliphatic carbocycles. The summed E-state index contributed by atoms with van der Waals surface area (Å²) in [6.45, 7) is 0. The molecule has 26 heavy (non-hydrogen) atoms. The molecule has 134 valence electrons. The van der Waals surface area contributed by atoms with Gasteiger partial charge in [-0.2, -0.15) is 0 Å². The van der Waals surface area contributed by atoms with Gasteiger partial charge >= 0.3 is 0 Å². The van der Waals surface area contributed by atoms with Crippen molar-refractivity contribution >= 4 is 0 Å². The van der Waals surface area contributed by atoms with Crippen molar-refractivity contribution in [1.82, 2.24) is 0 Å². The van der Waals surface area contributed by atoms with Crippen LogP contribution in [0.4, 0.5) is 0 Å². The largest absolute Gasteiger partial charge is 0.497 e. The number of benzene rings is 3. The van der Waals surface area contributed by atoms with Crippen LogP contribution in [0.5, 0.6) is 23.0 Å². The Hall–Kier alpha value is -3.14. The molecule has 0 saturated carbocycles. The second-order valence-corrected chi connectivity index (χ2v) is 5.71. The smallest absolute Gasteiger partial charge is 0.131 e. The molecule has 4 nitrogen and oxygen atoms in total. The molecule has 4 heteroatoms. The van der Waals surface area contributed by atoms with E-state index in [1.807, 2.05) is 60.7 Å². The number of ether oxygens (including phenoxy) is 4. The van der Waals surface area contributed by atoms with E-state index >= 15 is 0 Å². The van der Waals surface area contributed by atoms with Crippen LogP contribution in [0.15, 0.2) is 60.7 Å². The molecule has 0 aromatic heterocycles. The maximum atomic E-state index is 5.67. The van der Waals surface area contributed by atoms with Gasteiger partial charge in [0.1, 0.15) is 23.0 Å². The first-order valence-electron chi connectivity index (χ1n) is 8.25. The molecule has 0 aliphatic rings. The Kier molecular flexibility index (Phi) is 5.32. The quantitative estimate of drug-likeness (QED) is 0.623. The Morgan fingerprint density at radius 1 is 0.462 bits per heavy atom. The molecule has 0 spiro atoms. The summed E-state index contributed by atoms with van der Waals surface area (Å²) < 4.78 is 21.8. The Bertz CT molecular complexity index is 843. The van der Waals surface area contributed by atoms with E-state index in [1.54, 1.807) is 28.4 Å². The molecule has 0 fully saturated rings. The molecule has 3 rings (SSSR count). The number of methoxy groups -OCH3 is 4. The topological polar surface area (TPSA) is 36.9 Å². The predicted octanol–water partition coefficient (Wildman–Crippen LogP) is 5.06. The van der Waals surface area contributed by atoms with Crippen LogP contribution in [-0.2, 0) is 0 Å². The molecule has 0 saturated heterocycles. The molecule has 0 amide bonds. The zero-order chi connectivity index (χ0) is 18.5. The van der Waals surface area contributed by atoms with Gasteiger partial charge in [0.2, 0.25) is 0 Å². The normalized spacial score (nSPS) is 10.3. The first-order chi connectivity index (χ1) is 12.7. The molecular formula is C22H22O4. The first-order valence-corrected chi connectivity index (χ1v) is 8.25. The molecule has 0 heterocycles. The second kappa shape index (κ2) is 7.83. The summed E-state index contributed by atoms with van der Waals surface area (Å²) in [7, 11) is 6.64. The van der Waals surface area contributed by atoms with E-state index in [0.717, 1.165) is 45.3 Å². The third-order valence-corrected chi connectivity index (χ3v) is 4.31. The third-order valence-electron chi connectivity index (χ3n) is 4.31. The summed E-state index contributed by atoms with van der Waals surface area (Å²) in [5.74, 6) is 3.13. The van der Waals surface area contributed by atoms with Crippen LogP contribution in [0.3, 0.4) is 0 Å². The van der Waals surface area contributed by atoms with E-state index in [0.29, 0.717) is 0 Å². The van der Waals surface area contributed by atoms with Crippen molar-refractivity contribution in [2.75, 3.05) is 28.4 Å². The van der Waals surface area contributed by atoms with Gasteiger partial charge in [0.25, 0.3) is 0 Å². The molecule has 0 bridgehead atoms. The van der Waals surface area contributed by atoms with Gasteiger partial charge in [0.15, 0.2) is 0 Å². The van der Waals surface area contributed by atoms with Gasteiger partial charge in [-0.15, -0.1) is 0 Å². The lowest BCUT2D eigenvalue weighted by Crippen LogP contribution is -1.95. The van der Waals surface area contributed by atoms with Crippen LogP contribution < -0.4 is 18.9 Å². The van der Waals surface area contributed by atoms with Crippen LogP contribution in [-0.4, -0.2) is 28.4 Å². The molecular weight excluding hydrogens is 328 g/mol. The van der Waals surface area contributed by atoms with Crippen LogP contribution in [0.1, 0.15) is 0 Å². The summed E-state index contributed by atoms with van der Waals surface area (Å²) >= 11 is 0. The van der Waals surface area contributed by atoms with Crippen molar-refractivity contribution in [3.05, 3.63) is 60.7 Å². The summed E-state index contributed by atoms with van der Waals surface area (Å²) in [6, 6.07) is 19.8. The maximum absolute atomic E-state index is 5.67. The minimum Gasteiger partial charge on any atom is -0.497 e. The number of rotatable bonds is 6. The highest BCUT2D eigenvalue weighted by Gasteiger charge is 2.15. The molecule has 0 atom stereocenters. The van der Waals surface area contributed by atoms with Gasteiger partial charge in [0.05, 0.1) is 34.0 Å². The van der Waals surface area contributed by atoms with Crippen molar-refractivity contribution < 1.29 is 18.9 Å². The highest BCUT2D eigenvalue weighted by Crippen LogP contribution is 2.42. The molecule has 3 aromatic carbocycles. The summed E-state index contributed by atoms with van der Waals surface area (Å²) in [5, 5.41) is 0. The van der Waals surface area contributed by atoms with Gasteiger partial charge in [-0.3, -0.25) is 0 Å². The molecule has 3 aromatic rings. The summed E-state index contributed by atoms with van der Waals surface area (Å²) in [5.41, 5.74) is 3.98. The predicted molar refractivity (Wildman–Crippen MR) is 104 cm³/mol. The minimum atomic E-state index is 0.750. The lowest BCUT2D eigenvalue weighted by molar-refractivity contribution is 0.397. The fourth-order valence-corrected chi connectivity index (χ4v) is 2.90. The molecule has 0 aliphatic heterocycles. The van der Waals surface area contributed by atoms with Crippen LogP contribution >= 0.6 is 0 Å². The Morgan fingerprint density at radius 3 is 1.27 bits per heavy atom. The van der Waals surface area contributed by atoms with E-state index in [2.05, 4.69) is 0 Å². The summed E-state index contributed by atoms with van der Waals surface area (Å²) in [6.07, 6.45) is 0. The lowest BCUT2D eigenvalue weighted by atomic mass is 9.97. The monoisotopic (exact) mass is 350 g/mol. The Labute approximate surface area is 153 Å². The van der Waals surface area contributed by atoms with Gasteiger partial charge in [0, 0.05) is 0 Å². The number of hydrogen-bond donors (Lipinski definition) is 0. The first kappa shape index (κ1) is 17.7. The number of hydrogen-bond acceptors (Lipinski definition) is 4. The van der Waals surface area contributed by atoms with Crippen LogP contribution in [0, 0.1) is 0 Å². The Morgan fingerprint density at radius 2 is 0.885 bits per heavy atom. The van der Waals surface area contributed by atoms with Gasteiger partial charge in [-0.25, -0.2) is 0 Å². The van der Waals surface area contributed by atoms with Gasteiger partial charge in [-0.05, 0) is 53.1 Å². The SMILES string of the molecule is COc1ccc(-c2cc(OC)c(-c3ccc(OC)cc3)c(OC)c2)cc1. The average Bonchev–Trinajstić information content (AvgIpc) is 2.72. The van der Waals surface area contributed by atoms with Crippen molar-refractivity contribution in [2.24, 2.45) is 0 Å². The standard InChI is InChI=1S/C22H22O4/c1-23-18-9-5-15(6-10-18)17-13-20(25-3)22(21(14-17)26-4)16-7-11-19(24-2)12-8-16/h5-14H,1-4H3. The Balaban J connectivity index is 2.10. The zero-order valence-electron chi connectivity index (χ0n) is 15.4. The van der Waals surface area contributed by atoms with Crippen molar-refractivity contribution in [3.8, 4) is 45.3 Å². The van der Waals surface area contributed by atoms with E-state index in [1.165, 1.54) is 0 Å². The van der Waals surface area contributed by atoms with Crippen molar-refractivity contribution in [3.63, 3.8) is 0 Å². The maximum Gasteiger partial charge on any atom is 0.131 e. The van der Waals surface area contributed by atoms with Crippen molar-refractivity contribution in [1.29, 1.82) is 0 Å². The van der Waals surface area contributed by atoms with Gasteiger partial charge < -0.3 is 18.9 Å². The highest BCUT2D eigenvalue weighted by molar-refractivity contribution is 5.82. The molecule has 0 N–H and O–H groups in total. The minimum absolute atomic E-state index is 0.750.